The van der Waals surface area contributed by atoms with E-state index in [2.05, 4.69) is 16.0 Å². The molecule has 0 bridgehead atoms. The van der Waals surface area contributed by atoms with Crippen LogP contribution in [0.1, 0.15) is 18.1 Å². The Hall–Kier alpha value is -3.69. The Labute approximate surface area is 199 Å². The van der Waals surface area contributed by atoms with Crippen molar-refractivity contribution in [1.82, 2.24) is 4.31 Å². The second kappa shape index (κ2) is 10.1. The van der Waals surface area contributed by atoms with Crippen LogP contribution in [-0.4, -0.2) is 36.5 Å². The van der Waals surface area contributed by atoms with Crippen molar-refractivity contribution in [2.45, 2.75) is 25.9 Å². The largest absolute Gasteiger partial charge is 0.325 e. The van der Waals surface area contributed by atoms with E-state index in [0.29, 0.717) is 23.5 Å². The van der Waals surface area contributed by atoms with E-state index in [9.17, 15) is 18.0 Å². The highest BCUT2D eigenvalue weighted by Gasteiger charge is 2.37. The van der Waals surface area contributed by atoms with Crippen molar-refractivity contribution in [3.63, 3.8) is 0 Å². The first-order valence-corrected chi connectivity index (χ1v) is 12.6. The van der Waals surface area contributed by atoms with Gasteiger partial charge in [0.1, 0.15) is 6.04 Å². The monoisotopic (exact) mass is 478 g/mol. The van der Waals surface area contributed by atoms with Crippen LogP contribution >= 0.6 is 0 Å². The number of urea groups is 1. The van der Waals surface area contributed by atoms with Gasteiger partial charge in [-0.3, -0.25) is 4.79 Å². The maximum Gasteiger partial charge on any atom is 0.323 e. The summed E-state index contributed by atoms with van der Waals surface area (Å²) in [5, 5.41) is 8.28. The predicted molar refractivity (Wildman–Crippen MR) is 133 cm³/mol. The molecule has 1 aliphatic rings. The first-order valence-electron chi connectivity index (χ1n) is 11.0. The van der Waals surface area contributed by atoms with Crippen molar-refractivity contribution in [1.29, 1.82) is 0 Å². The number of benzene rings is 3. The van der Waals surface area contributed by atoms with Gasteiger partial charge in [-0.15, -0.1) is 0 Å². The number of carbonyl (C=O) groups excluding carboxylic acids is 2. The molecule has 3 aromatic carbocycles. The zero-order chi connectivity index (χ0) is 24.1. The molecule has 0 saturated carbocycles. The minimum absolute atomic E-state index is 0.0884. The summed E-state index contributed by atoms with van der Waals surface area (Å²) in [7, 11) is -3.60. The molecule has 1 atom stereocenters. The lowest BCUT2D eigenvalue weighted by molar-refractivity contribution is -0.120. The Kier molecular flexibility index (Phi) is 6.95. The zero-order valence-corrected chi connectivity index (χ0v) is 19.5. The standard InChI is InChI=1S/C25H26N4O4S/c1-2-34(32,33)29-17-19-10-7-6-9-18(19)15-23(29)24(30)26-21-13-8-14-22(16-21)28-25(31)27-20-11-4-3-5-12-20/h3-14,16,23H,2,15,17H2,1H3,(H,26,30)(H2,27,28,31)/t23-/m1/s1. The summed E-state index contributed by atoms with van der Waals surface area (Å²) in [6.07, 6.45) is 0.290. The molecule has 8 nitrogen and oxygen atoms in total. The molecule has 3 N–H and O–H groups in total. The van der Waals surface area contributed by atoms with E-state index >= 15 is 0 Å². The van der Waals surface area contributed by atoms with Crippen LogP contribution in [0, 0.1) is 0 Å². The Bertz CT molecular complexity index is 1300. The SMILES string of the molecule is CCS(=O)(=O)N1Cc2ccccc2C[C@@H]1C(=O)Nc1cccc(NC(=O)Nc2ccccc2)c1. The lowest BCUT2D eigenvalue weighted by atomic mass is 9.95. The molecule has 0 spiro atoms. The summed E-state index contributed by atoms with van der Waals surface area (Å²) >= 11 is 0. The number of carbonyl (C=O) groups is 2. The quantitative estimate of drug-likeness (QED) is 0.497. The molecule has 0 radical (unpaired) electrons. The van der Waals surface area contributed by atoms with Crippen molar-refractivity contribution in [3.8, 4) is 0 Å². The number of sulfonamides is 1. The van der Waals surface area contributed by atoms with E-state index in [1.807, 2.05) is 42.5 Å². The molecule has 4 rings (SSSR count). The van der Waals surface area contributed by atoms with Crippen LogP contribution in [0.25, 0.3) is 0 Å². The molecule has 9 heteroatoms. The van der Waals surface area contributed by atoms with Crippen LogP contribution in [0.5, 0.6) is 0 Å². The fourth-order valence-corrected chi connectivity index (χ4v) is 5.12. The van der Waals surface area contributed by atoms with Gasteiger partial charge in [-0.05, 0) is 54.8 Å². The van der Waals surface area contributed by atoms with Gasteiger partial charge in [0.25, 0.3) is 0 Å². The Morgan fingerprint density at radius 3 is 2.12 bits per heavy atom. The van der Waals surface area contributed by atoms with E-state index in [0.717, 1.165) is 11.1 Å². The maximum absolute atomic E-state index is 13.2. The number of nitrogens with one attached hydrogen (secondary N) is 3. The summed E-state index contributed by atoms with van der Waals surface area (Å²) in [4.78, 5) is 25.5. The average Bonchev–Trinajstić information content (AvgIpc) is 2.84. The first-order chi connectivity index (χ1) is 16.4. The number of hydrogen-bond acceptors (Lipinski definition) is 4. The number of fused-ring (bicyclic) bond motifs is 1. The van der Waals surface area contributed by atoms with Crippen LogP contribution in [0.4, 0.5) is 21.9 Å². The Morgan fingerprint density at radius 1 is 0.824 bits per heavy atom. The van der Waals surface area contributed by atoms with Gasteiger partial charge in [0.15, 0.2) is 0 Å². The van der Waals surface area contributed by atoms with Crippen LogP contribution in [0.15, 0.2) is 78.9 Å². The van der Waals surface area contributed by atoms with Gasteiger partial charge in [0.05, 0.1) is 5.75 Å². The minimum atomic E-state index is -3.60. The molecule has 0 aliphatic carbocycles. The number of anilines is 3. The minimum Gasteiger partial charge on any atom is -0.325 e. The van der Waals surface area contributed by atoms with Gasteiger partial charge >= 0.3 is 6.03 Å². The van der Waals surface area contributed by atoms with E-state index in [4.69, 9.17) is 0 Å². The highest BCUT2D eigenvalue weighted by atomic mass is 32.2. The second-order valence-corrected chi connectivity index (χ2v) is 10.2. The van der Waals surface area contributed by atoms with Crippen molar-refractivity contribution in [2.75, 3.05) is 21.7 Å². The summed E-state index contributed by atoms with van der Waals surface area (Å²) in [6, 6.07) is 22.0. The molecule has 0 unspecified atom stereocenters. The van der Waals surface area contributed by atoms with Crippen LogP contribution in [-0.2, 0) is 27.8 Å². The highest BCUT2D eigenvalue weighted by molar-refractivity contribution is 7.89. The van der Waals surface area contributed by atoms with E-state index in [1.165, 1.54) is 4.31 Å². The first kappa shape index (κ1) is 23.5. The normalized spacial score (nSPS) is 15.7. The van der Waals surface area contributed by atoms with Crippen molar-refractivity contribution in [2.24, 2.45) is 0 Å². The molecule has 176 valence electrons. The number of rotatable bonds is 6. The fraction of sp³-hybridized carbons (Fsp3) is 0.200. The average molecular weight is 479 g/mol. The molecule has 0 fully saturated rings. The molecular formula is C25H26N4O4S. The van der Waals surface area contributed by atoms with E-state index in [-0.39, 0.29) is 12.3 Å². The van der Waals surface area contributed by atoms with Gasteiger partial charge in [-0.2, -0.15) is 4.31 Å². The predicted octanol–water partition coefficient (Wildman–Crippen LogP) is 4.05. The summed E-state index contributed by atoms with van der Waals surface area (Å²) in [5.74, 6) is -0.507. The van der Waals surface area contributed by atoms with Crippen LogP contribution in [0.2, 0.25) is 0 Å². The van der Waals surface area contributed by atoms with Gasteiger partial charge in [-0.1, -0.05) is 48.5 Å². The Morgan fingerprint density at radius 2 is 1.41 bits per heavy atom. The molecule has 1 heterocycles. The number of hydrogen-bond donors (Lipinski definition) is 3. The van der Waals surface area contributed by atoms with Gasteiger partial charge in [0.2, 0.25) is 15.9 Å². The molecule has 3 amide bonds. The third-order valence-electron chi connectivity index (χ3n) is 5.65. The van der Waals surface area contributed by atoms with E-state index in [1.54, 1.807) is 43.3 Å². The molecule has 34 heavy (non-hydrogen) atoms. The second-order valence-electron chi connectivity index (χ2n) is 7.95. The lowest BCUT2D eigenvalue weighted by Crippen LogP contribution is -2.51. The number of amides is 3. The van der Waals surface area contributed by atoms with Crippen molar-refractivity contribution >= 4 is 39.0 Å². The van der Waals surface area contributed by atoms with Gasteiger partial charge in [-0.25, -0.2) is 13.2 Å². The number of para-hydroxylation sites is 1. The lowest BCUT2D eigenvalue weighted by Gasteiger charge is -2.34. The molecular weight excluding hydrogens is 452 g/mol. The third kappa shape index (κ3) is 5.44. The molecule has 0 aromatic heterocycles. The zero-order valence-electron chi connectivity index (χ0n) is 18.7. The summed E-state index contributed by atoms with van der Waals surface area (Å²) in [5.41, 5.74) is 3.45. The van der Waals surface area contributed by atoms with Gasteiger partial charge in [0, 0.05) is 23.6 Å². The smallest absolute Gasteiger partial charge is 0.323 e. The van der Waals surface area contributed by atoms with Crippen LogP contribution < -0.4 is 16.0 Å². The number of nitrogens with zero attached hydrogens (tertiary/aromatic N) is 1. The topological polar surface area (TPSA) is 108 Å². The van der Waals surface area contributed by atoms with Gasteiger partial charge < -0.3 is 16.0 Å². The van der Waals surface area contributed by atoms with Crippen molar-refractivity contribution < 1.29 is 18.0 Å². The van der Waals surface area contributed by atoms with Crippen LogP contribution in [0.3, 0.4) is 0 Å². The molecule has 3 aromatic rings. The fourth-order valence-electron chi connectivity index (χ4n) is 3.90. The highest BCUT2D eigenvalue weighted by Crippen LogP contribution is 2.27. The molecule has 0 saturated heterocycles. The van der Waals surface area contributed by atoms with Crippen molar-refractivity contribution in [3.05, 3.63) is 90.0 Å². The molecule has 1 aliphatic heterocycles. The summed E-state index contributed by atoms with van der Waals surface area (Å²) < 4.78 is 26.8. The Balaban J connectivity index is 1.48. The third-order valence-corrected chi connectivity index (χ3v) is 7.48. The maximum atomic E-state index is 13.2. The van der Waals surface area contributed by atoms with E-state index < -0.39 is 28.0 Å². The summed E-state index contributed by atoms with van der Waals surface area (Å²) in [6.45, 7) is 1.73.